The Bertz CT molecular complexity index is 675. The van der Waals surface area contributed by atoms with Gasteiger partial charge in [-0.2, -0.15) is 0 Å². The van der Waals surface area contributed by atoms with Crippen LogP contribution in [0, 0.1) is 0 Å². The lowest BCUT2D eigenvalue weighted by Crippen LogP contribution is -2.44. The first-order chi connectivity index (χ1) is 11.9. The normalized spacial score (nSPS) is 18.6. The van der Waals surface area contributed by atoms with Crippen LogP contribution >= 0.6 is 0 Å². The Morgan fingerprint density at radius 1 is 0.875 bits per heavy atom. The molecule has 3 nitrogen and oxygen atoms in total. The number of benzene rings is 1. The van der Waals surface area contributed by atoms with Crippen molar-refractivity contribution in [3.63, 3.8) is 0 Å². The zero-order valence-corrected chi connectivity index (χ0v) is 14.4. The van der Waals surface area contributed by atoms with Gasteiger partial charge in [0.15, 0.2) is 0 Å². The van der Waals surface area contributed by atoms with E-state index in [9.17, 15) is 0 Å². The smallest absolute Gasteiger partial charge is 0.0726 e. The summed E-state index contributed by atoms with van der Waals surface area (Å²) in [5.74, 6) is 0. The molecule has 1 aliphatic heterocycles. The molecule has 0 amide bonds. The fourth-order valence-corrected chi connectivity index (χ4v) is 3.98. The van der Waals surface area contributed by atoms with E-state index < -0.39 is 0 Å². The van der Waals surface area contributed by atoms with Gasteiger partial charge in [-0.25, -0.2) is 0 Å². The lowest BCUT2D eigenvalue weighted by molar-refractivity contribution is 0.579. The molecular formula is C21H27N3. The van der Waals surface area contributed by atoms with Gasteiger partial charge in [-0.15, -0.1) is 0 Å². The minimum atomic E-state index is 1.08. The minimum Gasteiger partial charge on any atom is -0.369 e. The van der Waals surface area contributed by atoms with Crippen LogP contribution in [0.1, 0.15) is 36.9 Å². The molecule has 0 unspecified atom stereocenters. The zero-order valence-electron chi connectivity index (χ0n) is 14.4. The largest absolute Gasteiger partial charge is 0.369 e. The maximum Gasteiger partial charge on any atom is 0.0726 e. The summed E-state index contributed by atoms with van der Waals surface area (Å²) in [6.45, 7) is 4.37. The van der Waals surface area contributed by atoms with Crippen LogP contribution in [0.4, 0.5) is 5.69 Å². The average Bonchev–Trinajstić information content (AvgIpc) is 2.63. The van der Waals surface area contributed by atoms with Gasteiger partial charge in [0.25, 0.3) is 0 Å². The van der Waals surface area contributed by atoms with Gasteiger partial charge in [0.2, 0.25) is 0 Å². The van der Waals surface area contributed by atoms with Gasteiger partial charge in [-0.05, 0) is 37.3 Å². The summed E-state index contributed by atoms with van der Waals surface area (Å²) in [6.07, 6.45) is 7.62. The van der Waals surface area contributed by atoms with Crippen LogP contribution in [0.2, 0.25) is 0 Å². The van der Waals surface area contributed by atoms with Crippen molar-refractivity contribution in [2.75, 3.05) is 31.1 Å². The minimum absolute atomic E-state index is 1.08. The van der Waals surface area contributed by atoms with E-state index in [4.69, 9.17) is 4.98 Å². The van der Waals surface area contributed by atoms with Crippen LogP contribution in [0.3, 0.4) is 0 Å². The number of pyridine rings is 1. The maximum absolute atomic E-state index is 5.10. The van der Waals surface area contributed by atoms with E-state index in [1.807, 2.05) is 0 Å². The first-order valence-electron chi connectivity index (χ1n) is 9.46. The summed E-state index contributed by atoms with van der Waals surface area (Å²) in [5.41, 5.74) is 6.70. The quantitative estimate of drug-likeness (QED) is 0.911. The molecule has 0 radical (unpaired) electrons. The van der Waals surface area contributed by atoms with Crippen molar-refractivity contribution in [1.29, 1.82) is 0 Å². The maximum atomic E-state index is 5.10. The molecule has 24 heavy (non-hydrogen) atoms. The average molecular weight is 321 g/mol. The molecule has 126 valence electrons. The lowest BCUT2D eigenvalue weighted by Gasteiger charge is -2.32. The van der Waals surface area contributed by atoms with E-state index in [-0.39, 0.29) is 0 Å². The van der Waals surface area contributed by atoms with Crippen molar-refractivity contribution in [2.45, 2.75) is 38.5 Å². The third-order valence-corrected chi connectivity index (χ3v) is 5.30. The van der Waals surface area contributed by atoms with Crippen LogP contribution < -0.4 is 10.2 Å². The van der Waals surface area contributed by atoms with Crippen LogP contribution in [0.25, 0.3) is 11.3 Å². The molecule has 1 fully saturated rings. The monoisotopic (exact) mass is 321 g/mol. The number of anilines is 1. The molecule has 1 aromatic heterocycles. The van der Waals surface area contributed by atoms with Gasteiger partial charge in [-0.3, -0.25) is 4.98 Å². The van der Waals surface area contributed by atoms with E-state index in [0.717, 1.165) is 38.3 Å². The molecule has 1 N–H and O–H groups in total. The molecule has 1 aromatic carbocycles. The Morgan fingerprint density at radius 3 is 2.42 bits per heavy atom. The van der Waals surface area contributed by atoms with E-state index in [1.54, 1.807) is 0 Å². The number of rotatable bonds is 2. The topological polar surface area (TPSA) is 28.2 Å². The summed E-state index contributed by atoms with van der Waals surface area (Å²) in [7, 11) is 0. The Hall–Kier alpha value is -1.87. The second kappa shape index (κ2) is 7.35. The van der Waals surface area contributed by atoms with Gasteiger partial charge in [0.05, 0.1) is 5.69 Å². The molecular weight excluding hydrogens is 294 g/mol. The molecule has 0 bridgehead atoms. The Kier molecular flexibility index (Phi) is 4.79. The van der Waals surface area contributed by atoms with Crippen molar-refractivity contribution in [3.8, 4) is 11.3 Å². The highest BCUT2D eigenvalue weighted by Crippen LogP contribution is 2.32. The number of aromatic nitrogens is 1. The standard InChI is InChI=1S/C21H27N3/c1-2-7-11-19-18(10-6-1)21(24-14-12-22-13-15-24)16-20(23-19)17-8-4-3-5-9-17/h3-5,8-9,16,22H,1-2,6-7,10-15H2. The number of fused-ring (bicyclic) bond motifs is 1. The van der Waals surface area contributed by atoms with Crippen molar-refractivity contribution >= 4 is 5.69 Å². The SMILES string of the molecule is c1ccc(-c2cc(N3CCNCC3)c3c(n2)CCCCCC3)cc1. The highest BCUT2D eigenvalue weighted by molar-refractivity contribution is 5.68. The molecule has 3 heteroatoms. The fourth-order valence-electron chi connectivity index (χ4n) is 3.98. The van der Waals surface area contributed by atoms with Gasteiger partial charge >= 0.3 is 0 Å². The van der Waals surface area contributed by atoms with Crippen LogP contribution in [0.15, 0.2) is 36.4 Å². The Balaban J connectivity index is 1.80. The second-order valence-corrected chi connectivity index (χ2v) is 6.97. The van der Waals surface area contributed by atoms with Gasteiger partial charge in [0.1, 0.15) is 0 Å². The highest BCUT2D eigenvalue weighted by atomic mass is 15.2. The van der Waals surface area contributed by atoms with Gasteiger partial charge < -0.3 is 10.2 Å². The lowest BCUT2D eigenvalue weighted by atomic mass is 9.94. The predicted octanol–water partition coefficient (Wildman–Crippen LogP) is 3.82. The van der Waals surface area contributed by atoms with Crippen molar-refractivity contribution < 1.29 is 0 Å². The van der Waals surface area contributed by atoms with Crippen LogP contribution in [0.5, 0.6) is 0 Å². The molecule has 0 spiro atoms. The number of hydrogen-bond donors (Lipinski definition) is 1. The fraction of sp³-hybridized carbons (Fsp3) is 0.476. The molecule has 4 rings (SSSR count). The summed E-state index contributed by atoms with van der Waals surface area (Å²) < 4.78 is 0. The molecule has 0 atom stereocenters. The summed E-state index contributed by atoms with van der Waals surface area (Å²) in [4.78, 5) is 7.67. The number of hydrogen-bond acceptors (Lipinski definition) is 3. The van der Waals surface area contributed by atoms with E-state index in [2.05, 4.69) is 46.6 Å². The van der Waals surface area contributed by atoms with E-state index >= 15 is 0 Å². The Morgan fingerprint density at radius 2 is 1.62 bits per heavy atom. The third-order valence-electron chi connectivity index (χ3n) is 5.30. The van der Waals surface area contributed by atoms with E-state index in [1.165, 1.54) is 54.6 Å². The van der Waals surface area contributed by atoms with Crippen molar-refractivity contribution in [3.05, 3.63) is 47.7 Å². The molecule has 2 heterocycles. The third kappa shape index (κ3) is 3.32. The van der Waals surface area contributed by atoms with Crippen molar-refractivity contribution in [2.24, 2.45) is 0 Å². The summed E-state index contributed by atoms with van der Waals surface area (Å²) in [5, 5.41) is 3.48. The number of nitrogens with zero attached hydrogens (tertiary/aromatic N) is 2. The Labute approximate surface area is 145 Å². The molecule has 2 aliphatic rings. The van der Waals surface area contributed by atoms with Crippen LogP contribution in [-0.2, 0) is 12.8 Å². The molecule has 1 saturated heterocycles. The second-order valence-electron chi connectivity index (χ2n) is 6.97. The number of piperazine rings is 1. The van der Waals surface area contributed by atoms with Gasteiger partial charge in [-0.1, -0.05) is 43.2 Å². The highest BCUT2D eigenvalue weighted by Gasteiger charge is 2.20. The summed E-state index contributed by atoms with van der Waals surface area (Å²) >= 11 is 0. The van der Waals surface area contributed by atoms with Crippen LogP contribution in [-0.4, -0.2) is 31.2 Å². The van der Waals surface area contributed by atoms with Gasteiger partial charge in [0, 0.05) is 43.1 Å². The molecule has 1 aliphatic carbocycles. The van der Waals surface area contributed by atoms with Crippen molar-refractivity contribution in [1.82, 2.24) is 10.3 Å². The predicted molar refractivity (Wildman–Crippen MR) is 101 cm³/mol. The van der Waals surface area contributed by atoms with E-state index in [0.29, 0.717) is 0 Å². The first-order valence-corrected chi connectivity index (χ1v) is 9.46. The zero-order chi connectivity index (χ0) is 16.2. The molecule has 0 saturated carbocycles. The number of aryl methyl sites for hydroxylation is 1. The summed E-state index contributed by atoms with van der Waals surface area (Å²) in [6, 6.07) is 13.0. The first kappa shape index (κ1) is 15.6. The molecule has 2 aromatic rings. The number of nitrogens with one attached hydrogen (secondary N) is 1.